The molecule has 9 nitrogen and oxygen atoms in total. The van der Waals surface area contributed by atoms with E-state index in [1.807, 2.05) is 48.7 Å². The van der Waals surface area contributed by atoms with Crippen LogP contribution in [-0.4, -0.2) is 66.6 Å². The largest absolute Gasteiger partial charge is 0.439 e. The van der Waals surface area contributed by atoms with Crippen molar-refractivity contribution in [3.8, 4) is 11.6 Å². The number of hydrogen-bond donors (Lipinski definition) is 2. The van der Waals surface area contributed by atoms with Gasteiger partial charge in [0.05, 0.1) is 17.5 Å². The van der Waals surface area contributed by atoms with Crippen LogP contribution in [0.25, 0.3) is 10.9 Å². The molecule has 174 valence electrons. The zero-order chi connectivity index (χ0) is 22.8. The molecule has 10 heteroatoms. The van der Waals surface area contributed by atoms with Gasteiger partial charge in [-0.3, -0.25) is 20.7 Å². The number of fused-ring (bicyclic) bond motifs is 1. The zero-order valence-electron chi connectivity index (χ0n) is 18.6. The summed E-state index contributed by atoms with van der Waals surface area (Å²) < 4.78 is 30.9. The van der Waals surface area contributed by atoms with Crippen LogP contribution in [-0.2, 0) is 16.6 Å². The minimum Gasteiger partial charge on any atom is -0.439 e. The molecule has 0 bridgehead atoms. The lowest BCUT2D eigenvalue weighted by atomic mass is 10.1. The molecule has 4 heterocycles. The molecule has 2 fully saturated rings. The molecule has 2 aliphatic rings. The van der Waals surface area contributed by atoms with Crippen molar-refractivity contribution in [2.45, 2.75) is 19.0 Å². The summed E-state index contributed by atoms with van der Waals surface area (Å²) in [6.07, 6.45) is 4.16. The highest BCUT2D eigenvalue weighted by molar-refractivity contribution is 7.88. The minimum atomic E-state index is -3.11. The summed E-state index contributed by atoms with van der Waals surface area (Å²) in [5, 5.41) is 0.996. The van der Waals surface area contributed by atoms with E-state index in [1.54, 1.807) is 0 Å². The van der Waals surface area contributed by atoms with Gasteiger partial charge in [-0.1, -0.05) is 12.1 Å². The van der Waals surface area contributed by atoms with Crippen molar-refractivity contribution in [3.05, 3.63) is 59.9 Å². The summed E-state index contributed by atoms with van der Waals surface area (Å²) >= 11 is 0. The highest BCUT2D eigenvalue weighted by Crippen LogP contribution is 2.26. The Hall–Kier alpha value is -2.63. The van der Waals surface area contributed by atoms with Crippen molar-refractivity contribution < 1.29 is 13.2 Å². The topological polar surface area (TPSA) is 99.7 Å². The zero-order valence-corrected chi connectivity index (χ0v) is 19.4. The van der Waals surface area contributed by atoms with Gasteiger partial charge in [0.15, 0.2) is 0 Å². The predicted molar refractivity (Wildman–Crippen MR) is 126 cm³/mol. The lowest BCUT2D eigenvalue weighted by Crippen LogP contribution is -2.47. The Bertz CT molecular complexity index is 1220. The van der Waals surface area contributed by atoms with Gasteiger partial charge >= 0.3 is 0 Å². The van der Waals surface area contributed by atoms with Crippen LogP contribution in [0, 0.1) is 0 Å². The van der Waals surface area contributed by atoms with Crippen LogP contribution in [0.4, 0.5) is 0 Å². The number of nitrogens with one attached hydrogen (secondary N) is 2. The van der Waals surface area contributed by atoms with E-state index < -0.39 is 10.0 Å². The number of benzene rings is 1. The number of rotatable bonds is 6. The first-order valence-electron chi connectivity index (χ1n) is 11.1. The molecule has 1 unspecified atom stereocenters. The van der Waals surface area contributed by atoms with Crippen LogP contribution in [0.3, 0.4) is 0 Å². The lowest BCUT2D eigenvalue weighted by molar-refractivity contribution is 0.180. The van der Waals surface area contributed by atoms with E-state index in [0.717, 1.165) is 40.9 Å². The molecule has 2 saturated heterocycles. The van der Waals surface area contributed by atoms with Gasteiger partial charge in [-0.2, -0.15) is 4.31 Å². The Morgan fingerprint density at radius 3 is 2.64 bits per heavy atom. The smallest absolute Gasteiger partial charge is 0.219 e. The first kappa shape index (κ1) is 22.2. The van der Waals surface area contributed by atoms with Crippen LogP contribution >= 0.6 is 0 Å². The summed E-state index contributed by atoms with van der Waals surface area (Å²) in [5.41, 5.74) is 9.38. The third-order valence-electron chi connectivity index (χ3n) is 6.12. The SMILES string of the molecule is CS(=O)(=O)N1CCN(Cc2ccc3cc(Oc4ccc(C5CCNN5)cn4)ccc3n2)CC1. The maximum absolute atomic E-state index is 11.7. The fraction of sp³-hybridized carbons (Fsp3) is 0.391. The standard InChI is InChI=1S/C23H28N6O3S/c1-33(30,31)29-12-10-28(11-13-29)16-19-4-2-17-14-20(5-6-21(17)26-19)32-23-7-3-18(15-24-23)22-8-9-25-27-22/h2-7,14-15,22,25,27H,8-13,16H2,1H3. The van der Waals surface area contributed by atoms with Gasteiger partial charge in [-0.25, -0.2) is 13.4 Å². The minimum absolute atomic E-state index is 0.288. The molecule has 5 rings (SSSR count). The number of hydrogen-bond acceptors (Lipinski definition) is 8. The number of piperazine rings is 1. The van der Waals surface area contributed by atoms with Crippen molar-refractivity contribution in [2.24, 2.45) is 0 Å². The van der Waals surface area contributed by atoms with E-state index in [0.29, 0.717) is 38.6 Å². The average Bonchev–Trinajstić information content (AvgIpc) is 3.34. The fourth-order valence-electron chi connectivity index (χ4n) is 4.26. The average molecular weight is 469 g/mol. The van der Waals surface area contributed by atoms with E-state index in [2.05, 4.69) is 20.7 Å². The monoisotopic (exact) mass is 468 g/mol. The molecule has 2 aliphatic heterocycles. The van der Waals surface area contributed by atoms with Crippen LogP contribution in [0.1, 0.15) is 23.7 Å². The summed E-state index contributed by atoms with van der Waals surface area (Å²) in [6.45, 7) is 4.12. The van der Waals surface area contributed by atoms with E-state index in [-0.39, 0.29) is 6.04 Å². The van der Waals surface area contributed by atoms with E-state index in [4.69, 9.17) is 9.72 Å². The molecule has 0 saturated carbocycles. The van der Waals surface area contributed by atoms with Crippen molar-refractivity contribution in [2.75, 3.05) is 39.0 Å². The molecule has 1 atom stereocenters. The van der Waals surface area contributed by atoms with E-state index >= 15 is 0 Å². The number of aromatic nitrogens is 2. The first-order valence-corrected chi connectivity index (χ1v) is 13.0. The van der Waals surface area contributed by atoms with Gasteiger partial charge in [-0.15, -0.1) is 0 Å². The van der Waals surface area contributed by atoms with Crippen LogP contribution in [0.15, 0.2) is 48.7 Å². The maximum atomic E-state index is 11.7. The molecule has 0 radical (unpaired) electrons. The van der Waals surface area contributed by atoms with Crippen molar-refractivity contribution in [1.29, 1.82) is 0 Å². The molecular weight excluding hydrogens is 440 g/mol. The highest BCUT2D eigenvalue weighted by Gasteiger charge is 2.23. The Balaban J connectivity index is 1.22. The molecule has 0 aliphatic carbocycles. The van der Waals surface area contributed by atoms with Gasteiger partial charge < -0.3 is 4.74 Å². The van der Waals surface area contributed by atoms with Gasteiger partial charge in [0.1, 0.15) is 5.75 Å². The number of pyridine rings is 2. The third kappa shape index (κ3) is 5.31. The second-order valence-corrected chi connectivity index (χ2v) is 10.5. The number of sulfonamides is 1. The van der Waals surface area contributed by atoms with Crippen molar-refractivity contribution in [1.82, 2.24) is 30.0 Å². The molecule has 3 aromatic rings. The molecule has 33 heavy (non-hydrogen) atoms. The van der Waals surface area contributed by atoms with Crippen LogP contribution in [0.2, 0.25) is 0 Å². The predicted octanol–water partition coefficient (Wildman–Crippen LogP) is 2.04. The molecular formula is C23H28N6O3S. The quantitative estimate of drug-likeness (QED) is 0.567. The highest BCUT2D eigenvalue weighted by atomic mass is 32.2. The summed E-state index contributed by atoms with van der Waals surface area (Å²) in [4.78, 5) is 11.5. The van der Waals surface area contributed by atoms with Crippen molar-refractivity contribution >= 4 is 20.9 Å². The van der Waals surface area contributed by atoms with Gasteiger partial charge in [0.25, 0.3) is 0 Å². The number of hydrazine groups is 1. The van der Waals surface area contributed by atoms with Crippen LogP contribution in [0.5, 0.6) is 11.6 Å². The lowest BCUT2D eigenvalue weighted by Gasteiger charge is -2.32. The summed E-state index contributed by atoms with van der Waals surface area (Å²) in [7, 11) is -3.11. The van der Waals surface area contributed by atoms with Gasteiger partial charge in [0.2, 0.25) is 15.9 Å². The van der Waals surface area contributed by atoms with Crippen molar-refractivity contribution in [3.63, 3.8) is 0 Å². The molecule has 0 spiro atoms. The first-order chi connectivity index (χ1) is 15.9. The Labute approximate surface area is 193 Å². The fourth-order valence-corrected chi connectivity index (χ4v) is 5.09. The van der Waals surface area contributed by atoms with Gasteiger partial charge in [-0.05, 0) is 36.2 Å². The molecule has 2 N–H and O–H groups in total. The Morgan fingerprint density at radius 1 is 1.09 bits per heavy atom. The third-order valence-corrected chi connectivity index (χ3v) is 7.43. The summed E-state index contributed by atoms with van der Waals surface area (Å²) in [6, 6.07) is 14.1. The van der Waals surface area contributed by atoms with E-state index in [1.165, 1.54) is 10.6 Å². The Kier molecular flexibility index (Phi) is 6.26. The molecule has 1 aromatic carbocycles. The maximum Gasteiger partial charge on any atom is 0.219 e. The number of nitrogens with zero attached hydrogens (tertiary/aromatic N) is 4. The second kappa shape index (κ2) is 9.32. The van der Waals surface area contributed by atoms with E-state index in [9.17, 15) is 8.42 Å². The van der Waals surface area contributed by atoms with Crippen LogP contribution < -0.4 is 15.6 Å². The van der Waals surface area contributed by atoms with Gasteiger partial charge in [0, 0.05) is 63.0 Å². The number of ether oxygens (including phenoxy) is 1. The molecule has 0 amide bonds. The second-order valence-electron chi connectivity index (χ2n) is 8.54. The normalized spacial score (nSPS) is 20.3. The summed E-state index contributed by atoms with van der Waals surface area (Å²) in [5.74, 6) is 1.27. The molecule has 2 aromatic heterocycles. The Morgan fingerprint density at radius 2 is 1.94 bits per heavy atom.